The topological polar surface area (TPSA) is 88.2 Å². The van der Waals surface area contributed by atoms with Crippen molar-refractivity contribution in [1.82, 2.24) is 10.2 Å². The fourth-order valence-corrected chi connectivity index (χ4v) is 3.80. The Labute approximate surface area is 189 Å². The number of anilines is 1. The number of benzene rings is 2. The number of carbonyl (C=O) groups is 3. The Morgan fingerprint density at radius 1 is 1.06 bits per heavy atom. The van der Waals surface area contributed by atoms with Crippen molar-refractivity contribution in [3.8, 4) is 11.1 Å². The van der Waals surface area contributed by atoms with Crippen molar-refractivity contribution in [3.63, 3.8) is 0 Å². The minimum atomic E-state index is -0.738. The molecular weight excluding hydrogens is 436 g/mol. The van der Waals surface area contributed by atoms with Crippen molar-refractivity contribution in [2.75, 3.05) is 31.2 Å². The highest BCUT2D eigenvalue weighted by Gasteiger charge is 2.33. The van der Waals surface area contributed by atoms with Crippen molar-refractivity contribution < 1.29 is 32.6 Å². The lowest BCUT2D eigenvalue weighted by Gasteiger charge is -2.15. The number of alkyl halides is 1. The number of ether oxygens (including phenoxy) is 2. The molecule has 0 saturated carbocycles. The molecule has 0 unspecified atom stereocenters. The summed E-state index contributed by atoms with van der Waals surface area (Å²) in [5.74, 6) is -0.734. The number of amides is 3. The van der Waals surface area contributed by atoms with E-state index in [9.17, 15) is 23.2 Å². The number of nitrogens with one attached hydrogen (secondary N) is 1. The second kappa shape index (κ2) is 9.43. The molecule has 4 rings (SSSR count). The summed E-state index contributed by atoms with van der Waals surface area (Å²) in [5, 5.41) is 2.59. The van der Waals surface area contributed by atoms with Crippen LogP contribution in [0.25, 0.3) is 11.1 Å². The Kier molecular flexibility index (Phi) is 6.43. The van der Waals surface area contributed by atoms with Crippen molar-refractivity contribution in [1.29, 1.82) is 0 Å². The summed E-state index contributed by atoms with van der Waals surface area (Å²) >= 11 is 0. The van der Waals surface area contributed by atoms with Gasteiger partial charge < -0.3 is 19.7 Å². The first-order valence-electron chi connectivity index (χ1n) is 10.5. The predicted octanol–water partition coefficient (Wildman–Crippen LogP) is 3.24. The lowest BCUT2D eigenvalue weighted by molar-refractivity contribution is -0.119. The van der Waals surface area contributed by atoms with Gasteiger partial charge in [0.25, 0.3) is 0 Å². The second-order valence-corrected chi connectivity index (χ2v) is 7.96. The van der Waals surface area contributed by atoms with E-state index in [0.29, 0.717) is 16.8 Å². The standard InChI is InChI=1S/C23H23F2N3O5/c1-14(29)26-10-19-13-28(23(31)33-19)17-6-7-20(21(25)8-17)16-4-2-15(3-5-16)11-27-12-18(9-24)32-22(27)30/h2-8,18-19H,9-13H2,1H3,(H,26,29)/t18-,19-/m0/s1. The largest absolute Gasteiger partial charge is 0.442 e. The molecule has 0 radical (unpaired) electrons. The van der Waals surface area contributed by atoms with Gasteiger partial charge in [-0.1, -0.05) is 24.3 Å². The van der Waals surface area contributed by atoms with Crippen LogP contribution in [0.1, 0.15) is 12.5 Å². The molecule has 3 amide bonds. The first-order chi connectivity index (χ1) is 15.8. The fourth-order valence-electron chi connectivity index (χ4n) is 3.80. The maximum Gasteiger partial charge on any atom is 0.414 e. The van der Waals surface area contributed by atoms with Gasteiger partial charge in [0.15, 0.2) is 0 Å². The zero-order valence-corrected chi connectivity index (χ0v) is 17.9. The van der Waals surface area contributed by atoms with E-state index in [1.165, 1.54) is 22.8 Å². The number of halogens is 2. The molecule has 1 N–H and O–H groups in total. The van der Waals surface area contributed by atoms with Gasteiger partial charge in [-0.05, 0) is 29.3 Å². The number of hydrogen-bond acceptors (Lipinski definition) is 5. The molecule has 2 atom stereocenters. The van der Waals surface area contributed by atoms with E-state index < -0.39 is 36.9 Å². The SMILES string of the molecule is CC(=O)NC[C@H]1CN(c2ccc(-c3ccc(CN4C[C@H](CF)OC4=O)cc3)c(F)c2)C(=O)O1. The minimum Gasteiger partial charge on any atom is -0.442 e. The van der Waals surface area contributed by atoms with Crippen LogP contribution in [0.3, 0.4) is 0 Å². The van der Waals surface area contributed by atoms with Crippen molar-refractivity contribution in [2.24, 2.45) is 0 Å². The van der Waals surface area contributed by atoms with Crippen LogP contribution in [0.4, 0.5) is 24.1 Å². The van der Waals surface area contributed by atoms with Crippen LogP contribution >= 0.6 is 0 Å². The third kappa shape index (κ3) is 5.05. The Bertz CT molecular complexity index is 1060. The van der Waals surface area contributed by atoms with Crippen LogP contribution in [0, 0.1) is 5.82 Å². The second-order valence-electron chi connectivity index (χ2n) is 7.96. The molecule has 2 aromatic rings. The molecule has 174 valence electrons. The Hall–Kier alpha value is -3.69. The molecule has 2 aliphatic rings. The molecule has 0 aliphatic carbocycles. The van der Waals surface area contributed by atoms with Crippen molar-refractivity contribution in [3.05, 3.63) is 53.8 Å². The van der Waals surface area contributed by atoms with E-state index in [1.54, 1.807) is 36.4 Å². The number of nitrogens with zero attached hydrogens (tertiary/aromatic N) is 2. The molecule has 10 heteroatoms. The molecule has 2 aromatic carbocycles. The lowest BCUT2D eigenvalue weighted by atomic mass is 10.0. The van der Waals surface area contributed by atoms with E-state index >= 15 is 0 Å². The smallest absolute Gasteiger partial charge is 0.414 e. The van der Waals surface area contributed by atoms with Crippen LogP contribution < -0.4 is 10.2 Å². The summed E-state index contributed by atoms with van der Waals surface area (Å²) in [4.78, 5) is 37.7. The number of cyclic esters (lactones) is 2. The lowest BCUT2D eigenvalue weighted by Crippen LogP contribution is -2.33. The molecule has 8 nitrogen and oxygen atoms in total. The summed E-state index contributed by atoms with van der Waals surface area (Å²) in [6, 6.07) is 11.5. The van der Waals surface area contributed by atoms with Crippen LogP contribution in [0.15, 0.2) is 42.5 Å². The van der Waals surface area contributed by atoms with Crippen LogP contribution in [0.2, 0.25) is 0 Å². The zero-order chi connectivity index (χ0) is 23.5. The summed E-state index contributed by atoms with van der Waals surface area (Å²) in [6.45, 7) is 1.51. The third-order valence-electron chi connectivity index (χ3n) is 5.48. The minimum absolute atomic E-state index is 0.189. The molecule has 0 aromatic heterocycles. The average molecular weight is 459 g/mol. The first-order valence-corrected chi connectivity index (χ1v) is 10.5. The maximum absolute atomic E-state index is 14.9. The van der Waals surface area contributed by atoms with Gasteiger partial charge in [0, 0.05) is 19.0 Å². The molecule has 0 spiro atoms. The number of carbonyl (C=O) groups excluding carboxylic acids is 3. The van der Waals surface area contributed by atoms with Gasteiger partial charge >= 0.3 is 12.2 Å². The van der Waals surface area contributed by atoms with E-state index in [1.807, 2.05) is 0 Å². The van der Waals surface area contributed by atoms with Crippen LogP contribution in [-0.4, -0.2) is 61.5 Å². The molecule has 2 fully saturated rings. The highest BCUT2D eigenvalue weighted by molar-refractivity contribution is 5.90. The predicted molar refractivity (Wildman–Crippen MR) is 115 cm³/mol. The average Bonchev–Trinajstić information content (AvgIpc) is 3.34. The zero-order valence-electron chi connectivity index (χ0n) is 17.9. The summed E-state index contributed by atoms with van der Waals surface area (Å²) in [5.41, 5.74) is 2.14. The van der Waals surface area contributed by atoms with Gasteiger partial charge in [0.1, 0.15) is 24.7 Å². The highest BCUT2D eigenvalue weighted by atomic mass is 19.1. The van der Waals surface area contributed by atoms with Crippen molar-refractivity contribution in [2.45, 2.75) is 25.7 Å². The Morgan fingerprint density at radius 2 is 1.79 bits per heavy atom. The molecule has 2 aliphatic heterocycles. The Morgan fingerprint density at radius 3 is 2.42 bits per heavy atom. The maximum atomic E-state index is 14.9. The van der Waals surface area contributed by atoms with Gasteiger partial charge in [-0.25, -0.2) is 18.4 Å². The summed E-state index contributed by atoms with van der Waals surface area (Å²) < 4.78 is 37.7. The van der Waals surface area contributed by atoms with Gasteiger partial charge in [0.2, 0.25) is 5.91 Å². The van der Waals surface area contributed by atoms with E-state index in [0.717, 1.165) is 5.56 Å². The van der Waals surface area contributed by atoms with Gasteiger partial charge in [0.05, 0.1) is 25.3 Å². The molecule has 2 heterocycles. The van der Waals surface area contributed by atoms with Gasteiger partial charge in [-0.3, -0.25) is 9.69 Å². The van der Waals surface area contributed by atoms with Crippen molar-refractivity contribution >= 4 is 23.8 Å². The molecular formula is C23H23F2N3O5. The quantitative estimate of drug-likeness (QED) is 0.687. The molecule has 0 bridgehead atoms. The van der Waals surface area contributed by atoms with Crippen LogP contribution in [-0.2, 0) is 20.8 Å². The Balaban J connectivity index is 1.42. The van der Waals surface area contributed by atoms with E-state index in [4.69, 9.17) is 9.47 Å². The van der Waals surface area contributed by atoms with E-state index in [-0.39, 0.29) is 32.1 Å². The molecule has 33 heavy (non-hydrogen) atoms. The van der Waals surface area contributed by atoms with E-state index in [2.05, 4.69) is 5.32 Å². The van der Waals surface area contributed by atoms with Gasteiger partial charge in [-0.2, -0.15) is 0 Å². The summed E-state index contributed by atoms with van der Waals surface area (Å²) in [6.07, 6.45) is -2.40. The first kappa shape index (κ1) is 22.5. The molecule has 2 saturated heterocycles. The monoisotopic (exact) mass is 459 g/mol. The third-order valence-corrected chi connectivity index (χ3v) is 5.48. The fraction of sp³-hybridized carbons (Fsp3) is 0.348. The number of rotatable bonds is 7. The normalized spacial score (nSPS) is 20.1. The van der Waals surface area contributed by atoms with Crippen LogP contribution in [0.5, 0.6) is 0 Å². The number of hydrogen-bond donors (Lipinski definition) is 1. The highest BCUT2D eigenvalue weighted by Crippen LogP contribution is 2.29. The van der Waals surface area contributed by atoms with Gasteiger partial charge in [-0.15, -0.1) is 0 Å². The summed E-state index contributed by atoms with van der Waals surface area (Å²) in [7, 11) is 0.